The Bertz CT molecular complexity index is 836. The highest BCUT2D eigenvalue weighted by atomic mass is 16.5. The predicted octanol–water partition coefficient (Wildman–Crippen LogP) is 4.40. The van der Waals surface area contributed by atoms with Crippen molar-refractivity contribution in [1.29, 1.82) is 0 Å². The highest BCUT2D eigenvalue weighted by Crippen LogP contribution is 2.47. The van der Waals surface area contributed by atoms with E-state index in [4.69, 9.17) is 9.47 Å². The molecule has 1 aromatic carbocycles. The number of nitrogens with zero attached hydrogens (tertiary/aromatic N) is 2. The molecule has 1 aromatic heterocycles. The highest BCUT2D eigenvalue weighted by molar-refractivity contribution is 5.45. The fourth-order valence-electron chi connectivity index (χ4n) is 5.06. The zero-order valence-corrected chi connectivity index (χ0v) is 18.4. The normalized spacial score (nSPS) is 26.1. The Morgan fingerprint density at radius 2 is 2.00 bits per heavy atom. The van der Waals surface area contributed by atoms with Crippen LogP contribution >= 0.6 is 0 Å². The van der Waals surface area contributed by atoms with E-state index >= 15 is 0 Å². The summed E-state index contributed by atoms with van der Waals surface area (Å²) in [6, 6.07) is 12.3. The molecule has 1 saturated carbocycles. The minimum atomic E-state index is -0.419. The summed E-state index contributed by atoms with van der Waals surface area (Å²) in [5.41, 5.74) is 2.02. The minimum absolute atomic E-state index is 0.207. The number of aliphatic hydroxyl groups excluding tert-OH is 1. The van der Waals surface area contributed by atoms with Crippen molar-refractivity contribution in [2.75, 3.05) is 20.2 Å². The van der Waals surface area contributed by atoms with Gasteiger partial charge in [-0.15, -0.1) is 0 Å². The molecule has 0 unspecified atom stereocenters. The Morgan fingerprint density at radius 3 is 2.67 bits per heavy atom. The monoisotopic (exact) mass is 410 g/mol. The molecule has 4 rings (SSSR count). The lowest BCUT2D eigenvalue weighted by Crippen LogP contribution is -2.37. The number of ether oxygens (including phenoxy) is 2. The van der Waals surface area contributed by atoms with Crippen LogP contribution in [0, 0.1) is 5.41 Å². The van der Waals surface area contributed by atoms with E-state index < -0.39 is 6.10 Å². The summed E-state index contributed by atoms with van der Waals surface area (Å²) in [5.74, 6) is 1.82. The van der Waals surface area contributed by atoms with Crippen LogP contribution in [0.3, 0.4) is 0 Å². The lowest BCUT2D eigenvalue weighted by Gasteiger charge is -2.34. The Morgan fingerprint density at radius 1 is 1.20 bits per heavy atom. The molecule has 1 saturated heterocycles. The molecule has 0 bridgehead atoms. The van der Waals surface area contributed by atoms with E-state index in [0.29, 0.717) is 0 Å². The summed E-state index contributed by atoms with van der Waals surface area (Å²) < 4.78 is 11.9. The molecule has 2 aliphatic rings. The van der Waals surface area contributed by atoms with E-state index in [0.717, 1.165) is 49.7 Å². The van der Waals surface area contributed by atoms with Gasteiger partial charge in [-0.1, -0.05) is 19.1 Å². The van der Waals surface area contributed by atoms with Gasteiger partial charge in [0, 0.05) is 37.2 Å². The minimum Gasteiger partial charge on any atom is -0.493 e. The number of aromatic nitrogens is 1. The summed E-state index contributed by atoms with van der Waals surface area (Å²) in [5, 5.41) is 10.7. The first-order valence-electron chi connectivity index (χ1n) is 11.1. The first kappa shape index (κ1) is 21.1. The number of methoxy groups -OCH3 is 1. The smallest absolute Gasteiger partial charge is 0.161 e. The average Bonchev–Trinajstić information content (AvgIpc) is 3.37. The van der Waals surface area contributed by atoms with Gasteiger partial charge in [-0.2, -0.15) is 0 Å². The number of rotatable bonds is 7. The second-order valence-corrected chi connectivity index (χ2v) is 9.16. The SMILES string of the molecule is COc1ccc([C@H]2CN(Cc3ccccn3)C[C@@]2(C)[C@@H](C)O)cc1OC1CCCC1. The lowest BCUT2D eigenvalue weighted by atomic mass is 9.72. The van der Waals surface area contributed by atoms with Gasteiger partial charge in [-0.25, -0.2) is 0 Å². The van der Waals surface area contributed by atoms with Crippen molar-refractivity contribution in [3.8, 4) is 11.5 Å². The third kappa shape index (κ3) is 4.33. The molecular formula is C25H34N2O3. The topological polar surface area (TPSA) is 54.8 Å². The second kappa shape index (κ2) is 8.94. The van der Waals surface area contributed by atoms with E-state index in [1.54, 1.807) is 7.11 Å². The molecule has 1 N–H and O–H groups in total. The van der Waals surface area contributed by atoms with Gasteiger partial charge in [0.2, 0.25) is 0 Å². The molecule has 2 aromatic rings. The van der Waals surface area contributed by atoms with E-state index in [1.165, 1.54) is 18.4 Å². The average molecular weight is 411 g/mol. The predicted molar refractivity (Wildman–Crippen MR) is 118 cm³/mol. The van der Waals surface area contributed by atoms with E-state index in [1.807, 2.05) is 31.3 Å². The summed E-state index contributed by atoms with van der Waals surface area (Å²) in [7, 11) is 1.70. The number of pyridine rings is 1. The van der Waals surface area contributed by atoms with Crippen LogP contribution in [-0.2, 0) is 6.54 Å². The number of aliphatic hydroxyl groups is 1. The summed E-state index contributed by atoms with van der Waals surface area (Å²) in [6.45, 7) is 6.62. The summed E-state index contributed by atoms with van der Waals surface area (Å²) >= 11 is 0. The largest absolute Gasteiger partial charge is 0.493 e. The van der Waals surface area contributed by atoms with Crippen molar-refractivity contribution in [3.05, 3.63) is 53.9 Å². The Hall–Kier alpha value is -2.11. The van der Waals surface area contributed by atoms with Crippen molar-refractivity contribution in [3.63, 3.8) is 0 Å². The number of hydrogen-bond acceptors (Lipinski definition) is 5. The molecule has 1 aliphatic heterocycles. The van der Waals surface area contributed by atoms with Crippen molar-refractivity contribution in [1.82, 2.24) is 9.88 Å². The van der Waals surface area contributed by atoms with Gasteiger partial charge >= 0.3 is 0 Å². The summed E-state index contributed by atoms with van der Waals surface area (Å²) in [6.07, 6.45) is 6.39. The number of likely N-dealkylation sites (tertiary alicyclic amines) is 1. The van der Waals surface area contributed by atoms with Crippen LogP contribution in [0.5, 0.6) is 11.5 Å². The van der Waals surface area contributed by atoms with Crippen molar-refractivity contribution >= 4 is 0 Å². The summed E-state index contributed by atoms with van der Waals surface area (Å²) in [4.78, 5) is 6.89. The van der Waals surface area contributed by atoms with Crippen molar-refractivity contribution in [2.45, 2.75) is 64.2 Å². The zero-order chi connectivity index (χ0) is 21.1. The maximum absolute atomic E-state index is 10.7. The zero-order valence-electron chi connectivity index (χ0n) is 18.4. The third-order valence-electron chi connectivity index (χ3n) is 7.05. The van der Waals surface area contributed by atoms with Crippen LogP contribution in [0.25, 0.3) is 0 Å². The van der Waals surface area contributed by atoms with Crippen molar-refractivity contribution in [2.24, 2.45) is 5.41 Å². The molecular weight excluding hydrogens is 376 g/mol. The van der Waals surface area contributed by atoms with Crippen LogP contribution < -0.4 is 9.47 Å². The Kier molecular flexibility index (Phi) is 6.30. The van der Waals surface area contributed by atoms with Crippen LogP contribution in [0.2, 0.25) is 0 Å². The molecule has 0 radical (unpaired) electrons. The number of benzene rings is 1. The molecule has 1 aliphatic carbocycles. The van der Waals surface area contributed by atoms with Crippen molar-refractivity contribution < 1.29 is 14.6 Å². The first-order valence-corrected chi connectivity index (χ1v) is 11.1. The maximum atomic E-state index is 10.7. The van der Waals surface area contributed by atoms with Gasteiger partial charge in [0.15, 0.2) is 11.5 Å². The standard InChI is InChI=1S/C25H34N2O3/c1-18(28)25(2)17-27(15-20-8-6-7-13-26-20)16-22(25)19-11-12-23(29-3)24(14-19)30-21-9-4-5-10-21/h6-8,11-14,18,21-22,28H,4-5,9-10,15-17H2,1-3H3/t18-,22-,25+/m1/s1. The Balaban J connectivity index is 1.59. The van der Waals surface area contributed by atoms with Crippen LogP contribution in [-0.4, -0.2) is 47.4 Å². The quantitative estimate of drug-likeness (QED) is 0.733. The van der Waals surface area contributed by atoms with Crippen LogP contribution in [0.15, 0.2) is 42.6 Å². The molecule has 2 heterocycles. The van der Waals surface area contributed by atoms with E-state index in [-0.39, 0.29) is 17.4 Å². The molecule has 3 atom stereocenters. The van der Waals surface area contributed by atoms with Crippen LogP contribution in [0.1, 0.15) is 56.7 Å². The number of hydrogen-bond donors (Lipinski definition) is 1. The molecule has 30 heavy (non-hydrogen) atoms. The van der Waals surface area contributed by atoms with Gasteiger partial charge in [0.1, 0.15) is 0 Å². The molecule has 5 heteroatoms. The second-order valence-electron chi connectivity index (χ2n) is 9.16. The Labute approximate surface area is 180 Å². The molecule has 2 fully saturated rings. The van der Waals surface area contributed by atoms with E-state index in [2.05, 4.69) is 35.0 Å². The fourth-order valence-corrected chi connectivity index (χ4v) is 5.06. The fraction of sp³-hybridized carbons (Fsp3) is 0.560. The van der Waals surface area contributed by atoms with Gasteiger partial charge < -0.3 is 14.6 Å². The van der Waals surface area contributed by atoms with Gasteiger partial charge in [-0.3, -0.25) is 9.88 Å². The van der Waals surface area contributed by atoms with Gasteiger partial charge in [-0.05, 0) is 62.4 Å². The van der Waals surface area contributed by atoms with Crippen LogP contribution in [0.4, 0.5) is 0 Å². The molecule has 162 valence electrons. The highest BCUT2D eigenvalue weighted by Gasteiger charge is 2.47. The van der Waals surface area contributed by atoms with Gasteiger partial charge in [0.25, 0.3) is 0 Å². The van der Waals surface area contributed by atoms with E-state index in [9.17, 15) is 5.11 Å². The maximum Gasteiger partial charge on any atom is 0.161 e. The third-order valence-corrected chi connectivity index (χ3v) is 7.05. The molecule has 0 spiro atoms. The lowest BCUT2D eigenvalue weighted by molar-refractivity contribution is 0.0473. The van der Waals surface area contributed by atoms with Gasteiger partial charge in [0.05, 0.1) is 25.0 Å². The molecule has 0 amide bonds. The molecule has 5 nitrogen and oxygen atoms in total. The first-order chi connectivity index (χ1) is 14.5.